The summed E-state index contributed by atoms with van der Waals surface area (Å²) in [6, 6.07) is 11.2. The molecule has 2 saturated heterocycles. The molecule has 2 amide bonds. The van der Waals surface area contributed by atoms with Crippen molar-refractivity contribution in [3.63, 3.8) is 0 Å². The average Bonchev–Trinajstić information content (AvgIpc) is 2.85. The number of nitrogens with two attached hydrogens (primary N) is 1. The second-order valence-corrected chi connectivity index (χ2v) is 10.5. The monoisotopic (exact) mass is 470 g/mol. The van der Waals surface area contributed by atoms with Gasteiger partial charge in [-0.15, -0.1) is 0 Å². The summed E-state index contributed by atoms with van der Waals surface area (Å²) >= 11 is 0. The van der Waals surface area contributed by atoms with E-state index in [1.165, 1.54) is 16.4 Å². The zero-order valence-corrected chi connectivity index (χ0v) is 19.4. The number of nitrogens with zero attached hydrogens (tertiary/aromatic N) is 2. The third-order valence-electron chi connectivity index (χ3n) is 6.26. The van der Waals surface area contributed by atoms with Crippen molar-refractivity contribution < 1.29 is 18.0 Å². The molecule has 0 aromatic heterocycles. The van der Waals surface area contributed by atoms with E-state index in [-0.39, 0.29) is 16.0 Å². The molecule has 0 saturated carbocycles. The third kappa shape index (κ3) is 5.20. The molecule has 33 heavy (non-hydrogen) atoms. The van der Waals surface area contributed by atoms with Gasteiger partial charge >= 0.3 is 0 Å². The number of hydrogen-bond acceptors (Lipinski definition) is 5. The van der Waals surface area contributed by atoms with E-state index in [9.17, 15) is 18.0 Å². The number of carbonyl (C=O) groups is 2. The van der Waals surface area contributed by atoms with E-state index in [0.717, 1.165) is 51.6 Å². The molecule has 0 bridgehead atoms. The van der Waals surface area contributed by atoms with Crippen molar-refractivity contribution >= 4 is 33.2 Å². The van der Waals surface area contributed by atoms with Crippen molar-refractivity contribution in [3.8, 4) is 0 Å². The van der Waals surface area contributed by atoms with E-state index in [4.69, 9.17) is 5.73 Å². The molecule has 2 fully saturated rings. The maximum absolute atomic E-state index is 13.6. The van der Waals surface area contributed by atoms with Crippen LogP contribution in [0.3, 0.4) is 0 Å². The highest BCUT2D eigenvalue weighted by atomic mass is 32.2. The zero-order valence-electron chi connectivity index (χ0n) is 18.6. The van der Waals surface area contributed by atoms with Crippen LogP contribution < -0.4 is 16.0 Å². The van der Waals surface area contributed by atoms with Crippen LogP contribution in [0.4, 0.5) is 11.4 Å². The first-order valence-corrected chi connectivity index (χ1v) is 12.9. The fourth-order valence-electron chi connectivity index (χ4n) is 4.46. The van der Waals surface area contributed by atoms with E-state index in [1.54, 1.807) is 30.3 Å². The molecule has 176 valence electrons. The van der Waals surface area contributed by atoms with Crippen LogP contribution >= 0.6 is 0 Å². The van der Waals surface area contributed by atoms with E-state index in [1.807, 2.05) is 0 Å². The summed E-state index contributed by atoms with van der Waals surface area (Å²) in [5.74, 6) is -1.04. The standard InChI is InChI=1S/C24H30N4O4S/c25-23(29)18-8-7-9-20(16-18)26-24(30)19-10-11-21(27-12-3-1-4-13-27)22(17-19)33(31,32)28-14-5-2-6-15-28/h7-11,16-17H,1-6,12-15H2,(H2,25,29)(H,26,30). The van der Waals surface area contributed by atoms with Gasteiger partial charge in [-0.1, -0.05) is 12.5 Å². The normalized spacial score (nSPS) is 17.5. The lowest BCUT2D eigenvalue weighted by atomic mass is 10.1. The molecule has 2 aromatic carbocycles. The fourth-order valence-corrected chi connectivity index (χ4v) is 6.21. The van der Waals surface area contributed by atoms with Gasteiger partial charge in [0.1, 0.15) is 4.90 Å². The molecule has 8 nitrogen and oxygen atoms in total. The second kappa shape index (κ2) is 9.93. The molecule has 0 aliphatic carbocycles. The maximum atomic E-state index is 13.6. The Balaban J connectivity index is 1.68. The number of carbonyl (C=O) groups excluding carboxylic acids is 2. The van der Waals surface area contributed by atoms with Crippen LogP contribution in [0.25, 0.3) is 0 Å². The van der Waals surface area contributed by atoms with Gasteiger partial charge in [-0.25, -0.2) is 8.42 Å². The predicted octanol–water partition coefficient (Wildman–Crippen LogP) is 3.20. The van der Waals surface area contributed by atoms with Crippen molar-refractivity contribution in [2.75, 3.05) is 36.4 Å². The molecule has 2 aliphatic rings. The molecule has 2 aromatic rings. The molecule has 2 aliphatic heterocycles. The Morgan fingerprint density at radius 2 is 1.48 bits per heavy atom. The number of piperidine rings is 2. The van der Waals surface area contributed by atoms with Crippen LogP contribution in [0.15, 0.2) is 47.4 Å². The summed E-state index contributed by atoms with van der Waals surface area (Å²) in [7, 11) is -3.74. The Morgan fingerprint density at radius 3 is 2.15 bits per heavy atom. The Labute approximate surface area is 194 Å². The summed E-state index contributed by atoms with van der Waals surface area (Å²) in [4.78, 5) is 26.7. The van der Waals surface area contributed by atoms with Gasteiger partial charge in [0.05, 0.1) is 5.69 Å². The second-order valence-electron chi connectivity index (χ2n) is 8.59. The molecule has 0 unspecified atom stereocenters. The quantitative estimate of drug-likeness (QED) is 0.673. The van der Waals surface area contributed by atoms with E-state index in [2.05, 4.69) is 10.2 Å². The van der Waals surface area contributed by atoms with Crippen LogP contribution in [0.1, 0.15) is 59.2 Å². The van der Waals surface area contributed by atoms with Crippen molar-refractivity contribution in [1.29, 1.82) is 0 Å². The molecule has 4 rings (SSSR count). The Kier molecular flexibility index (Phi) is 6.99. The van der Waals surface area contributed by atoms with E-state index >= 15 is 0 Å². The topological polar surface area (TPSA) is 113 Å². The first-order chi connectivity index (χ1) is 15.9. The highest BCUT2D eigenvalue weighted by molar-refractivity contribution is 7.89. The van der Waals surface area contributed by atoms with Gasteiger partial charge in [0, 0.05) is 43.0 Å². The minimum absolute atomic E-state index is 0.185. The Bertz CT molecular complexity index is 1140. The molecule has 0 spiro atoms. The first-order valence-electron chi connectivity index (χ1n) is 11.5. The van der Waals surface area contributed by atoms with Crippen LogP contribution in [0, 0.1) is 0 Å². The van der Waals surface area contributed by atoms with Crippen LogP contribution in [-0.2, 0) is 10.0 Å². The van der Waals surface area contributed by atoms with Gasteiger partial charge < -0.3 is 16.0 Å². The molecule has 2 heterocycles. The lowest BCUT2D eigenvalue weighted by Crippen LogP contribution is -2.37. The summed E-state index contributed by atoms with van der Waals surface area (Å²) < 4.78 is 28.8. The third-order valence-corrected chi connectivity index (χ3v) is 8.18. The number of hydrogen-bond donors (Lipinski definition) is 2. The maximum Gasteiger partial charge on any atom is 0.255 e. The summed E-state index contributed by atoms with van der Waals surface area (Å²) in [5.41, 5.74) is 6.92. The number of amides is 2. The van der Waals surface area contributed by atoms with Crippen molar-refractivity contribution in [2.45, 2.75) is 43.4 Å². The molecule has 0 radical (unpaired) electrons. The first kappa shape index (κ1) is 23.3. The summed E-state index contributed by atoms with van der Waals surface area (Å²) in [6.45, 7) is 2.60. The van der Waals surface area contributed by atoms with Gasteiger partial charge in [-0.3, -0.25) is 9.59 Å². The van der Waals surface area contributed by atoms with E-state index < -0.39 is 21.8 Å². The van der Waals surface area contributed by atoms with Gasteiger partial charge in [0.2, 0.25) is 15.9 Å². The average molecular weight is 471 g/mol. The number of sulfonamides is 1. The van der Waals surface area contributed by atoms with Gasteiger partial charge in [0.15, 0.2) is 0 Å². The summed E-state index contributed by atoms with van der Waals surface area (Å²) in [5, 5.41) is 2.74. The van der Waals surface area contributed by atoms with Crippen molar-refractivity contribution in [3.05, 3.63) is 53.6 Å². The lowest BCUT2D eigenvalue weighted by Gasteiger charge is -2.33. The minimum Gasteiger partial charge on any atom is -0.370 e. The predicted molar refractivity (Wildman–Crippen MR) is 128 cm³/mol. The highest BCUT2D eigenvalue weighted by Gasteiger charge is 2.31. The van der Waals surface area contributed by atoms with E-state index in [0.29, 0.717) is 24.5 Å². The zero-order chi connectivity index (χ0) is 23.4. The number of primary amides is 1. The Hall–Kier alpha value is -2.91. The smallest absolute Gasteiger partial charge is 0.255 e. The molecular formula is C24H30N4O4S. The highest BCUT2D eigenvalue weighted by Crippen LogP contribution is 2.32. The van der Waals surface area contributed by atoms with Crippen LogP contribution in [-0.4, -0.2) is 50.7 Å². The van der Waals surface area contributed by atoms with Crippen LogP contribution in [0.2, 0.25) is 0 Å². The molecule has 9 heteroatoms. The van der Waals surface area contributed by atoms with Gasteiger partial charge in [-0.05, 0) is 68.5 Å². The fraction of sp³-hybridized carbons (Fsp3) is 0.417. The largest absolute Gasteiger partial charge is 0.370 e. The number of benzene rings is 2. The van der Waals surface area contributed by atoms with Crippen LogP contribution in [0.5, 0.6) is 0 Å². The molecule has 0 atom stereocenters. The van der Waals surface area contributed by atoms with Gasteiger partial charge in [-0.2, -0.15) is 4.31 Å². The molecular weight excluding hydrogens is 440 g/mol. The minimum atomic E-state index is -3.74. The van der Waals surface area contributed by atoms with Gasteiger partial charge in [0.25, 0.3) is 5.91 Å². The SMILES string of the molecule is NC(=O)c1cccc(NC(=O)c2ccc(N3CCCCC3)c(S(=O)(=O)N3CCCCC3)c2)c1. The number of nitrogens with one attached hydrogen (secondary N) is 1. The number of rotatable bonds is 6. The summed E-state index contributed by atoms with van der Waals surface area (Å²) in [6.07, 6.45) is 5.87. The molecule has 3 N–H and O–H groups in total. The Morgan fingerprint density at radius 1 is 0.818 bits per heavy atom. The van der Waals surface area contributed by atoms with Crippen molar-refractivity contribution in [1.82, 2.24) is 4.31 Å². The number of anilines is 2. The van der Waals surface area contributed by atoms with Crippen molar-refractivity contribution in [2.24, 2.45) is 5.73 Å². The lowest BCUT2D eigenvalue weighted by molar-refractivity contribution is 0.0996.